The van der Waals surface area contributed by atoms with Gasteiger partial charge in [-0.25, -0.2) is 0 Å². The number of benzene rings is 1. The number of carbonyl (C=O) groups is 2. The van der Waals surface area contributed by atoms with Crippen molar-refractivity contribution in [3.05, 3.63) is 29.3 Å². The Labute approximate surface area is 120 Å². The van der Waals surface area contributed by atoms with Gasteiger partial charge in [0, 0.05) is 17.2 Å². The summed E-state index contributed by atoms with van der Waals surface area (Å²) in [4.78, 5) is 23.5. The van der Waals surface area contributed by atoms with E-state index < -0.39 is 0 Å². The van der Waals surface area contributed by atoms with E-state index in [0.29, 0.717) is 11.3 Å². The predicted molar refractivity (Wildman–Crippen MR) is 79.2 cm³/mol. The molecular formula is C16H23NO3. The van der Waals surface area contributed by atoms with E-state index in [1.54, 1.807) is 25.3 Å². The number of hydrogen-bond acceptors (Lipinski definition) is 3. The number of ether oxygens (including phenoxy) is 1. The van der Waals surface area contributed by atoms with Crippen LogP contribution in [0.1, 0.15) is 49.5 Å². The van der Waals surface area contributed by atoms with Gasteiger partial charge >= 0.3 is 0 Å². The number of amides is 1. The Morgan fingerprint density at radius 2 is 1.90 bits per heavy atom. The number of rotatable bonds is 7. The van der Waals surface area contributed by atoms with E-state index in [9.17, 15) is 9.59 Å². The fourth-order valence-corrected chi connectivity index (χ4v) is 2.08. The molecule has 0 aliphatic heterocycles. The maximum Gasteiger partial charge on any atom is 0.224 e. The van der Waals surface area contributed by atoms with Crippen molar-refractivity contribution in [3.8, 4) is 5.75 Å². The Hall–Kier alpha value is -1.84. The average molecular weight is 277 g/mol. The zero-order valence-corrected chi connectivity index (χ0v) is 12.7. The van der Waals surface area contributed by atoms with E-state index >= 15 is 0 Å². The fourth-order valence-electron chi connectivity index (χ4n) is 2.08. The summed E-state index contributed by atoms with van der Waals surface area (Å²) in [7, 11) is 1.56. The number of carbonyl (C=O) groups excluding carboxylic acids is 2. The molecule has 0 bridgehead atoms. The monoisotopic (exact) mass is 277 g/mol. The third-order valence-electron chi connectivity index (χ3n) is 3.39. The SMILES string of the molecule is CCC(CC)NC(=O)Cc1cc(C(C)=O)ccc1OC. The normalized spacial score (nSPS) is 10.4. The van der Waals surface area contributed by atoms with Crippen LogP contribution in [-0.4, -0.2) is 24.8 Å². The highest BCUT2D eigenvalue weighted by Crippen LogP contribution is 2.21. The summed E-state index contributed by atoms with van der Waals surface area (Å²) in [6, 6.07) is 5.37. The molecule has 4 nitrogen and oxygen atoms in total. The van der Waals surface area contributed by atoms with Crippen molar-refractivity contribution in [2.75, 3.05) is 7.11 Å². The van der Waals surface area contributed by atoms with Crippen LogP contribution in [0.4, 0.5) is 0 Å². The van der Waals surface area contributed by atoms with E-state index in [0.717, 1.165) is 18.4 Å². The van der Waals surface area contributed by atoms with Crippen LogP contribution in [0.2, 0.25) is 0 Å². The van der Waals surface area contributed by atoms with Crippen molar-refractivity contribution in [2.24, 2.45) is 0 Å². The van der Waals surface area contributed by atoms with E-state index in [1.807, 2.05) is 13.8 Å². The molecule has 0 radical (unpaired) electrons. The lowest BCUT2D eigenvalue weighted by atomic mass is 10.0. The number of hydrogen-bond donors (Lipinski definition) is 1. The molecule has 0 heterocycles. The highest BCUT2D eigenvalue weighted by Gasteiger charge is 2.13. The molecule has 1 N–H and O–H groups in total. The minimum Gasteiger partial charge on any atom is -0.496 e. The summed E-state index contributed by atoms with van der Waals surface area (Å²) >= 11 is 0. The minimum atomic E-state index is -0.0438. The molecule has 0 saturated heterocycles. The summed E-state index contributed by atoms with van der Waals surface area (Å²) in [5.74, 6) is 0.571. The Morgan fingerprint density at radius 1 is 1.25 bits per heavy atom. The Bertz CT molecular complexity index is 479. The van der Waals surface area contributed by atoms with Crippen LogP contribution >= 0.6 is 0 Å². The molecule has 0 aliphatic rings. The smallest absolute Gasteiger partial charge is 0.224 e. The predicted octanol–water partition coefficient (Wildman–Crippen LogP) is 2.75. The van der Waals surface area contributed by atoms with Crippen molar-refractivity contribution in [1.82, 2.24) is 5.32 Å². The van der Waals surface area contributed by atoms with Crippen molar-refractivity contribution < 1.29 is 14.3 Å². The topological polar surface area (TPSA) is 55.4 Å². The maximum atomic E-state index is 12.0. The molecule has 1 aromatic carbocycles. The van der Waals surface area contributed by atoms with Crippen molar-refractivity contribution >= 4 is 11.7 Å². The van der Waals surface area contributed by atoms with E-state index in [-0.39, 0.29) is 24.2 Å². The molecule has 1 rings (SSSR count). The first kappa shape index (κ1) is 16.2. The number of nitrogens with one attached hydrogen (secondary N) is 1. The van der Waals surface area contributed by atoms with Crippen LogP contribution in [0, 0.1) is 0 Å². The van der Waals surface area contributed by atoms with Gasteiger partial charge in [0.15, 0.2) is 5.78 Å². The quantitative estimate of drug-likeness (QED) is 0.780. The second kappa shape index (κ2) is 7.68. The summed E-state index contributed by atoms with van der Waals surface area (Å²) in [6.45, 7) is 5.60. The summed E-state index contributed by atoms with van der Waals surface area (Å²) in [6.07, 6.45) is 2.04. The van der Waals surface area contributed by atoms with Gasteiger partial charge in [-0.05, 0) is 38.0 Å². The molecule has 0 aliphatic carbocycles. The van der Waals surface area contributed by atoms with Gasteiger partial charge in [0.25, 0.3) is 0 Å². The van der Waals surface area contributed by atoms with Crippen molar-refractivity contribution in [3.63, 3.8) is 0 Å². The molecular weight excluding hydrogens is 254 g/mol. The van der Waals surface area contributed by atoms with E-state index in [2.05, 4.69) is 5.32 Å². The lowest BCUT2D eigenvalue weighted by Gasteiger charge is -2.15. The third-order valence-corrected chi connectivity index (χ3v) is 3.39. The first-order valence-electron chi connectivity index (χ1n) is 6.99. The molecule has 0 unspecified atom stereocenters. The molecule has 110 valence electrons. The van der Waals surface area contributed by atoms with Crippen LogP contribution in [0.5, 0.6) is 5.75 Å². The van der Waals surface area contributed by atoms with Gasteiger partial charge in [-0.2, -0.15) is 0 Å². The number of methoxy groups -OCH3 is 1. The molecule has 0 fully saturated rings. The average Bonchev–Trinajstić information content (AvgIpc) is 2.44. The zero-order chi connectivity index (χ0) is 15.1. The molecule has 4 heteroatoms. The van der Waals surface area contributed by atoms with Gasteiger partial charge in [-0.15, -0.1) is 0 Å². The Balaban J connectivity index is 2.86. The van der Waals surface area contributed by atoms with Crippen LogP contribution in [-0.2, 0) is 11.2 Å². The summed E-state index contributed by atoms with van der Waals surface area (Å²) in [5.41, 5.74) is 1.33. The molecule has 0 atom stereocenters. The molecule has 0 spiro atoms. The number of Topliss-reactive ketones (excluding diaryl/α,β-unsaturated/α-hetero) is 1. The minimum absolute atomic E-state index is 0.0192. The molecule has 20 heavy (non-hydrogen) atoms. The van der Waals surface area contributed by atoms with Crippen LogP contribution in [0.3, 0.4) is 0 Å². The van der Waals surface area contributed by atoms with Gasteiger partial charge < -0.3 is 10.1 Å². The van der Waals surface area contributed by atoms with Crippen LogP contribution < -0.4 is 10.1 Å². The molecule has 1 amide bonds. The Morgan fingerprint density at radius 3 is 2.40 bits per heavy atom. The zero-order valence-electron chi connectivity index (χ0n) is 12.7. The molecule has 0 saturated carbocycles. The van der Waals surface area contributed by atoms with Crippen LogP contribution in [0.15, 0.2) is 18.2 Å². The number of ketones is 1. The van der Waals surface area contributed by atoms with Crippen molar-refractivity contribution in [2.45, 2.75) is 46.1 Å². The lowest BCUT2D eigenvalue weighted by molar-refractivity contribution is -0.121. The Kier molecular flexibility index (Phi) is 6.22. The largest absolute Gasteiger partial charge is 0.496 e. The molecule has 1 aromatic rings. The standard InChI is InChI=1S/C16H23NO3/c1-5-14(6-2)17-16(19)10-13-9-12(11(3)18)7-8-15(13)20-4/h7-9,14H,5-6,10H2,1-4H3,(H,17,19). The first-order valence-corrected chi connectivity index (χ1v) is 6.99. The van der Waals surface area contributed by atoms with E-state index in [4.69, 9.17) is 4.74 Å². The second-order valence-corrected chi connectivity index (χ2v) is 4.84. The van der Waals surface area contributed by atoms with Crippen molar-refractivity contribution in [1.29, 1.82) is 0 Å². The van der Waals surface area contributed by atoms with Crippen LogP contribution in [0.25, 0.3) is 0 Å². The van der Waals surface area contributed by atoms with Gasteiger partial charge in [0.2, 0.25) is 5.91 Å². The van der Waals surface area contributed by atoms with Gasteiger partial charge in [-0.3, -0.25) is 9.59 Å². The lowest BCUT2D eigenvalue weighted by Crippen LogP contribution is -2.34. The third kappa shape index (κ3) is 4.37. The second-order valence-electron chi connectivity index (χ2n) is 4.84. The van der Waals surface area contributed by atoms with Gasteiger partial charge in [0.1, 0.15) is 5.75 Å². The summed E-state index contributed by atoms with van der Waals surface area (Å²) < 4.78 is 5.25. The molecule has 0 aromatic heterocycles. The highest BCUT2D eigenvalue weighted by atomic mass is 16.5. The summed E-state index contributed by atoms with van der Waals surface area (Å²) in [5, 5.41) is 2.99. The van der Waals surface area contributed by atoms with Gasteiger partial charge in [-0.1, -0.05) is 13.8 Å². The maximum absolute atomic E-state index is 12.0. The first-order chi connectivity index (χ1) is 9.51. The fraction of sp³-hybridized carbons (Fsp3) is 0.500. The highest BCUT2D eigenvalue weighted by molar-refractivity contribution is 5.94. The van der Waals surface area contributed by atoms with E-state index in [1.165, 1.54) is 6.92 Å². The van der Waals surface area contributed by atoms with Gasteiger partial charge in [0.05, 0.1) is 13.5 Å².